The van der Waals surface area contributed by atoms with E-state index in [1.807, 2.05) is 24.3 Å². The Labute approximate surface area is 146 Å². The summed E-state index contributed by atoms with van der Waals surface area (Å²) in [7, 11) is 0. The van der Waals surface area contributed by atoms with Gasteiger partial charge in [-0.15, -0.1) is 0 Å². The minimum Gasteiger partial charge on any atom is -0.493 e. The summed E-state index contributed by atoms with van der Waals surface area (Å²) in [5.41, 5.74) is 8.54. The number of nitrogens with zero attached hydrogens (tertiary/aromatic N) is 3. The summed E-state index contributed by atoms with van der Waals surface area (Å²) in [6.07, 6.45) is 2.40. The molecule has 3 rings (SSSR count). The monoisotopic (exact) mass is 342 g/mol. The highest BCUT2D eigenvalue weighted by Crippen LogP contribution is 2.42. The molecule has 24 heavy (non-hydrogen) atoms. The molecular weight excluding hydrogens is 320 g/mol. The van der Waals surface area contributed by atoms with Crippen LogP contribution in [0.5, 0.6) is 5.75 Å². The van der Waals surface area contributed by atoms with Gasteiger partial charge in [-0.1, -0.05) is 44.2 Å². The molecule has 2 heterocycles. The van der Waals surface area contributed by atoms with Crippen molar-refractivity contribution in [3.05, 3.63) is 41.0 Å². The Kier molecular flexibility index (Phi) is 4.32. The molecule has 1 aliphatic heterocycles. The lowest BCUT2D eigenvalue weighted by Crippen LogP contribution is -2.26. The van der Waals surface area contributed by atoms with E-state index in [1.54, 1.807) is 22.5 Å². The first-order valence-electron chi connectivity index (χ1n) is 7.86. The highest BCUT2D eigenvalue weighted by Gasteiger charge is 2.28. The third-order valence-electron chi connectivity index (χ3n) is 3.89. The van der Waals surface area contributed by atoms with Crippen LogP contribution in [0.1, 0.15) is 25.6 Å². The molecule has 2 N–H and O–H groups in total. The van der Waals surface area contributed by atoms with Crippen molar-refractivity contribution >= 4 is 23.2 Å². The van der Waals surface area contributed by atoms with Crippen LogP contribution in [0.25, 0.3) is 11.3 Å². The van der Waals surface area contributed by atoms with Crippen molar-refractivity contribution in [3.63, 3.8) is 0 Å². The Morgan fingerprint density at radius 2 is 2.17 bits per heavy atom. The first-order chi connectivity index (χ1) is 11.5. The Morgan fingerprint density at radius 3 is 2.83 bits per heavy atom. The molecule has 0 atom stereocenters. The molecule has 2 aromatic rings. The van der Waals surface area contributed by atoms with Crippen LogP contribution in [0.15, 0.2) is 41.3 Å². The second-order valence-electron chi connectivity index (χ2n) is 6.62. The second kappa shape index (κ2) is 6.28. The van der Waals surface area contributed by atoms with Gasteiger partial charge in [0, 0.05) is 35.2 Å². The molecule has 0 spiro atoms. The van der Waals surface area contributed by atoms with E-state index in [9.17, 15) is 0 Å². The van der Waals surface area contributed by atoms with Gasteiger partial charge in [-0.25, -0.2) is 9.99 Å². The number of rotatable bonds is 3. The molecule has 1 aromatic heterocycles. The summed E-state index contributed by atoms with van der Waals surface area (Å²) in [5, 5.41) is 6.69. The van der Waals surface area contributed by atoms with Gasteiger partial charge in [-0.05, 0) is 12.1 Å². The van der Waals surface area contributed by atoms with Crippen molar-refractivity contribution in [2.45, 2.75) is 27.2 Å². The summed E-state index contributed by atoms with van der Waals surface area (Å²) in [6, 6.07) is 8.00. The van der Waals surface area contributed by atoms with E-state index in [0.717, 1.165) is 34.3 Å². The lowest BCUT2D eigenvalue weighted by atomic mass is 9.92. The number of fused-ring (bicyclic) bond motifs is 3. The fraction of sp³-hybridized carbons (Fsp3) is 0.333. The zero-order valence-corrected chi connectivity index (χ0v) is 15.1. The molecule has 0 aliphatic carbocycles. The van der Waals surface area contributed by atoms with Gasteiger partial charge in [-0.2, -0.15) is 5.10 Å². The number of anilines is 1. The molecule has 0 radical (unpaired) electrons. The fourth-order valence-corrected chi connectivity index (χ4v) is 3.77. The normalized spacial score (nSPS) is 14.2. The van der Waals surface area contributed by atoms with Crippen molar-refractivity contribution in [3.8, 4) is 17.0 Å². The summed E-state index contributed by atoms with van der Waals surface area (Å²) >= 11 is 1.61. The molecule has 1 aromatic carbocycles. The minimum absolute atomic E-state index is 0.167. The van der Waals surface area contributed by atoms with E-state index >= 15 is 0 Å². The van der Waals surface area contributed by atoms with Gasteiger partial charge in [0.05, 0.1) is 18.0 Å². The number of nitrogens with two attached hydrogens (primary N) is 1. The second-order valence-corrected chi connectivity index (χ2v) is 7.68. The zero-order chi connectivity index (χ0) is 17.3. The van der Waals surface area contributed by atoms with Gasteiger partial charge in [0.15, 0.2) is 0 Å². The van der Waals surface area contributed by atoms with Crippen molar-refractivity contribution in [2.75, 3.05) is 11.6 Å². The van der Waals surface area contributed by atoms with E-state index in [1.165, 1.54) is 4.88 Å². The summed E-state index contributed by atoms with van der Waals surface area (Å²) < 4.78 is 5.82. The molecule has 0 saturated carbocycles. The molecular formula is C18H22N4OS. The van der Waals surface area contributed by atoms with Gasteiger partial charge in [0.2, 0.25) is 5.13 Å². The van der Waals surface area contributed by atoms with Crippen molar-refractivity contribution in [1.29, 1.82) is 0 Å². The summed E-state index contributed by atoms with van der Waals surface area (Å²) in [5.74, 6) is 0.872. The Bertz CT molecular complexity index is 789. The number of hydrogen-bond acceptors (Lipinski definition) is 6. The average Bonchev–Trinajstić information content (AvgIpc) is 2.87. The largest absolute Gasteiger partial charge is 0.493 e. The van der Waals surface area contributed by atoms with Crippen LogP contribution in [0, 0.1) is 5.41 Å². The van der Waals surface area contributed by atoms with Crippen molar-refractivity contribution < 1.29 is 4.74 Å². The van der Waals surface area contributed by atoms with E-state index in [-0.39, 0.29) is 5.41 Å². The van der Waals surface area contributed by atoms with E-state index < -0.39 is 0 Å². The Morgan fingerprint density at radius 1 is 1.42 bits per heavy atom. The van der Waals surface area contributed by atoms with E-state index in [2.05, 4.69) is 32.6 Å². The molecule has 0 fully saturated rings. The number of ether oxygens (including phenoxy) is 1. The number of hydrazone groups is 1. The standard InChI is InChI=1S/C18H22N4OS/c1-18(2,3)15(11-19)22(20-4)17-21-16-12-7-5-6-8-13(12)23-10-9-14(16)24-17/h5-8,11H,4,9-10,19H2,1-3H3/b15-11-. The Hall–Kier alpha value is -2.34. The van der Waals surface area contributed by atoms with E-state index in [4.69, 9.17) is 15.5 Å². The predicted molar refractivity (Wildman–Crippen MR) is 101 cm³/mol. The molecule has 6 heteroatoms. The topological polar surface area (TPSA) is 63.7 Å². The van der Waals surface area contributed by atoms with Gasteiger partial charge < -0.3 is 10.5 Å². The molecule has 126 valence electrons. The quantitative estimate of drug-likeness (QED) is 0.676. The fourth-order valence-electron chi connectivity index (χ4n) is 2.73. The van der Waals surface area contributed by atoms with Gasteiger partial charge >= 0.3 is 0 Å². The predicted octanol–water partition coefficient (Wildman–Crippen LogP) is 4.01. The minimum atomic E-state index is -0.167. The first kappa shape index (κ1) is 16.5. The molecule has 0 amide bonds. The highest BCUT2D eigenvalue weighted by atomic mass is 32.1. The maximum absolute atomic E-state index is 5.86. The van der Waals surface area contributed by atoms with Crippen LogP contribution < -0.4 is 15.5 Å². The van der Waals surface area contributed by atoms with Crippen molar-refractivity contribution in [1.82, 2.24) is 4.98 Å². The SMILES string of the molecule is C=NN(/C(=C\N)C(C)(C)C)c1nc2c(s1)CCOc1ccccc1-2. The van der Waals surface area contributed by atoms with Crippen LogP contribution in [-0.2, 0) is 6.42 Å². The maximum atomic E-state index is 5.86. The van der Waals surface area contributed by atoms with Crippen LogP contribution in [-0.4, -0.2) is 18.3 Å². The van der Waals surface area contributed by atoms with Crippen LogP contribution in [0.2, 0.25) is 0 Å². The van der Waals surface area contributed by atoms with Gasteiger partial charge in [0.1, 0.15) is 5.75 Å². The smallest absolute Gasteiger partial charge is 0.211 e. The lowest BCUT2D eigenvalue weighted by Gasteiger charge is -2.29. The first-order valence-corrected chi connectivity index (χ1v) is 8.68. The van der Waals surface area contributed by atoms with E-state index in [0.29, 0.717) is 6.61 Å². The zero-order valence-electron chi connectivity index (χ0n) is 14.2. The third-order valence-corrected chi connectivity index (χ3v) is 4.98. The maximum Gasteiger partial charge on any atom is 0.211 e. The number of hydrogen-bond donors (Lipinski definition) is 1. The number of aromatic nitrogens is 1. The summed E-state index contributed by atoms with van der Waals surface area (Å²) in [6.45, 7) is 10.6. The lowest BCUT2D eigenvalue weighted by molar-refractivity contribution is 0.327. The van der Waals surface area contributed by atoms with Crippen LogP contribution in [0.3, 0.4) is 0 Å². The number of thiazole rings is 1. The highest BCUT2D eigenvalue weighted by molar-refractivity contribution is 7.16. The third kappa shape index (κ3) is 2.89. The molecule has 1 aliphatic rings. The van der Waals surface area contributed by atoms with Gasteiger partial charge in [0.25, 0.3) is 0 Å². The average molecular weight is 342 g/mol. The molecule has 0 bridgehead atoms. The Balaban J connectivity index is 2.09. The summed E-state index contributed by atoms with van der Waals surface area (Å²) in [4.78, 5) is 6.03. The van der Waals surface area contributed by atoms with Crippen LogP contribution in [0.4, 0.5) is 5.13 Å². The number of benzene rings is 1. The van der Waals surface area contributed by atoms with Crippen LogP contribution >= 0.6 is 11.3 Å². The van der Waals surface area contributed by atoms with Gasteiger partial charge in [-0.3, -0.25) is 0 Å². The molecule has 0 unspecified atom stereocenters. The molecule has 0 saturated heterocycles. The number of para-hydroxylation sites is 1. The molecule has 5 nitrogen and oxygen atoms in total. The number of allylic oxidation sites excluding steroid dienone is 1. The van der Waals surface area contributed by atoms with Crippen molar-refractivity contribution in [2.24, 2.45) is 16.3 Å².